The van der Waals surface area contributed by atoms with E-state index < -0.39 is 12.5 Å². The van der Waals surface area contributed by atoms with Crippen molar-refractivity contribution < 1.29 is 19.0 Å². The van der Waals surface area contributed by atoms with Gasteiger partial charge in [-0.1, -0.05) is 32.4 Å². The zero-order valence-corrected chi connectivity index (χ0v) is 17.8. The van der Waals surface area contributed by atoms with E-state index in [0.29, 0.717) is 23.7 Å². The molecule has 28 heavy (non-hydrogen) atoms. The second-order valence-corrected chi connectivity index (χ2v) is 11.1. The second kappa shape index (κ2) is 7.04. The molecule has 3 fully saturated rings. The first kappa shape index (κ1) is 20.8. The number of aliphatic hydroxyl groups excluding tert-OH is 2. The highest BCUT2D eigenvalue weighted by Crippen LogP contribution is 2.67. The van der Waals surface area contributed by atoms with E-state index >= 15 is 0 Å². The minimum atomic E-state index is -2.95. The van der Waals surface area contributed by atoms with Gasteiger partial charge in [0.1, 0.15) is 6.61 Å². The maximum absolute atomic E-state index is 13.9. The summed E-state index contributed by atoms with van der Waals surface area (Å²) in [7, 11) is 0. The predicted octanol–water partition coefficient (Wildman–Crippen LogP) is 5.58. The van der Waals surface area contributed by atoms with Gasteiger partial charge in [-0.05, 0) is 91.8 Å². The fourth-order valence-electron chi connectivity index (χ4n) is 8.29. The van der Waals surface area contributed by atoms with Gasteiger partial charge in [0.15, 0.2) is 0 Å². The number of allylic oxidation sites excluding steroid dienone is 1. The third kappa shape index (κ3) is 3.17. The van der Waals surface area contributed by atoms with Crippen LogP contribution in [0.4, 0.5) is 8.78 Å². The van der Waals surface area contributed by atoms with Crippen molar-refractivity contribution in [1.82, 2.24) is 0 Å². The van der Waals surface area contributed by atoms with Gasteiger partial charge in [-0.25, -0.2) is 8.78 Å². The highest BCUT2D eigenvalue weighted by molar-refractivity contribution is 5.25. The van der Waals surface area contributed by atoms with Crippen LogP contribution in [0.2, 0.25) is 0 Å². The van der Waals surface area contributed by atoms with Crippen LogP contribution in [0.1, 0.15) is 78.6 Å². The Morgan fingerprint density at radius 3 is 2.61 bits per heavy atom. The molecule has 4 heteroatoms. The van der Waals surface area contributed by atoms with Crippen molar-refractivity contribution in [3.05, 3.63) is 11.6 Å². The lowest BCUT2D eigenvalue weighted by atomic mass is 9.47. The average Bonchev–Trinajstić information content (AvgIpc) is 2.99. The largest absolute Gasteiger partial charge is 0.393 e. The summed E-state index contributed by atoms with van der Waals surface area (Å²) in [5.41, 5.74) is 1.88. The number of hydrogen-bond donors (Lipinski definition) is 2. The van der Waals surface area contributed by atoms with Crippen LogP contribution in [-0.2, 0) is 0 Å². The van der Waals surface area contributed by atoms with Gasteiger partial charge >= 0.3 is 0 Å². The predicted molar refractivity (Wildman–Crippen MR) is 107 cm³/mol. The number of aliphatic hydroxyl groups is 2. The van der Waals surface area contributed by atoms with Crippen LogP contribution in [0.25, 0.3) is 0 Å². The van der Waals surface area contributed by atoms with Crippen molar-refractivity contribution >= 4 is 0 Å². The molecule has 0 spiro atoms. The molecular formula is C24H38F2O2. The third-order valence-corrected chi connectivity index (χ3v) is 9.69. The molecule has 160 valence electrons. The topological polar surface area (TPSA) is 40.5 Å². The third-order valence-electron chi connectivity index (χ3n) is 9.69. The summed E-state index contributed by atoms with van der Waals surface area (Å²) >= 11 is 0. The average molecular weight is 397 g/mol. The normalized spacial score (nSPS) is 47.0. The molecule has 3 saturated carbocycles. The zero-order chi connectivity index (χ0) is 20.3. The minimum Gasteiger partial charge on any atom is -0.393 e. The number of rotatable bonds is 4. The molecule has 0 bridgehead atoms. The van der Waals surface area contributed by atoms with Gasteiger partial charge in [-0.15, -0.1) is 0 Å². The Kier molecular flexibility index (Phi) is 5.23. The van der Waals surface area contributed by atoms with Gasteiger partial charge in [0.25, 0.3) is 5.92 Å². The summed E-state index contributed by atoms with van der Waals surface area (Å²) in [6.07, 6.45) is 10.6. The fourth-order valence-corrected chi connectivity index (χ4v) is 8.29. The van der Waals surface area contributed by atoms with Crippen LogP contribution in [-0.4, -0.2) is 28.8 Å². The van der Waals surface area contributed by atoms with Crippen molar-refractivity contribution in [3.8, 4) is 0 Å². The Labute approximate surface area is 168 Å². The monoisotopic (exact) mass is 396 g/mol. The first-order chi connectivity index (χ1) is 13.1. The molecule has 4 aliphatic rings. The lowest BCUT2D eigenvalue weighted by molar-refractivity contribution is -0.0900. The number of halogens is 2. The van der Waals surface area contributed by atoms with Crippen molar-refractivity contribution in [2.24, 2.45) is 40.4 Å². The second-order valence-electron chi connectivity index (χ2n) is 11.1. The van der Waals surface area contributed by atoms with Crippen LogP contribution in [0.15, 0.2) is 11.6 Å². The van der Waals surface area contributed by atoms with Gasteiger partial charge in [0.2, 0.25) is 0 Å². The van der Waals surface area contributed by atoms with Crippen LogP contribution in [0.3, 0.4) is 0 Å². The molecule has 0 radical (unpaired) electrons. The van der Waals surface area contributed by atoms with Crippen LogP contribution in [0.5, 0.6) is 0 Å². The summed E-state index contributed by atoms with van der Waals surface area (Å²) in [6, 6.07) is 0. The van der Waals surface area contributed by atoms with Crippen LogP contribution in [0, 0.1) is 40.4 Å². The highest BCUT2D eigenvalue weighted by Gasteiger charge is 2.59. The van der Waals surface area contributed by atoms with Gasteiger partial charge in [-0.2, -0.15) is 0 Å². The molecule has 2 N–H and O–H groups in total. The molecule has 8 atom stereocenters. The summed E-state index contributed by atoms with van der Waals surface area (Å²) in [5, 5.41) is 19.2. The number of alkyl halides is 2. The Morgan fingerprint density at radius 1 is 1.14 bits per heavy atom. The fraction of sp³-hybridized carbons (Fsp3) is 0.917. The van der Waals surface area contributed by atoms with Gasteiger partial charge in [0, 0.05) is 6.42 Å². The molecule has 0 saturated heterocycles. The molecule has 4 rings (SSSR count). The molecule has 4 unspecified atom stereocenters. The minimum absolute atomic E-state index is 0.0520. The van der Waals surface area contributed by atoms with E-state index in [2.05, 4.69) is 19.9 Å². The molecule has 0 aliphatic heterocycles. The highest BCUT2D eigenvalue weighted by atomic mass is 19.3. The number of hydrogen-bond acceptors (Lipinski definition) is 2. The maximum Gasteiger partial charge on any atom is 0.270 e. The quantitative estimate of drug-likeness (QED) is 0.609. The molecular weight excluding hydrogens is 358 g/mol. The van der Waals surface area contributed by atoms with Crippen LogP contribution >= 0.6 is 0 Å². The van der Waals surface area contributed by atoms with Crippen molar-refractivity contribution in [2.45, 2.75) is 90.6 Å². The molecule has 0 aromatic heterocycles. The Morgan fingerprint density at radius 2 is 1.89 bits per heavy atom. The lowest BCUT2D eigenvalue weighted by Crippen LogP contribution is -2.51. The van der Waals surface area contributed by atoms with E-state index in [-0.39, 0.29) is 29.3 Å². The first-order valence-electron chi connectivity index (χ1n) is 11.5. The van der Waals surface area contributed by atoms with E-state index in [0.717, 1.165) is 38.5 Å². The summed E-state index contributed by atoms with van der Waals surface area (Å²) in [6.45, 7) is 5.76. The van der Waals surface area contributed by atoms with E-state index in [1.165, 1.54) is 18.4 Å². The Bertz CT molecular complexity index is 632. The van der Waals surface area contributed by atoms with E-state index in [1.54, 1.807) is 0 Å². The molecule has 0 amide bonds. The molecule has 0 heterocycles. The van der Waals surface area contributed by atoms with E-state index in [4.69, 9.17) is 5.11 Å². The number of fused-ring (bicyclic) bond motifs is 5. The van der Waals surface area contributed by atoms with Gasteiger partial charge < -0.3 is 10.2 Å². The zero-order valence-electron chi connectivity index (χ0n) is 17.8. The standard InChI is InChI=1S/C24H38F2O2/c1-15(13-24(25,26)14-27)19-6-7-20-18-5-4-16-12-17(28)8-10-22(16,2)21(18)9-11-23(19,20)3/h4,15,17-21,27-28H,5-14H2,1-3H3/t15-,17+,18?,19-,20?,21?,22+,23?/m1/s1. The maximum atomic E-state index is 13.9. The van der Waals surface area contributed by atoms with E-state index in [1.807, 2.05) is 6.92 Å². The SMILES string of the molecule is C[C@H](CC(F)(F)CO)[C@H]1CCC2C3CC=C4C[C@@H](O)CC[C@]4(C)C3CCC21C. The smallest absolute Gasteiger partial charge is 0.270 e. The molecule has 4 aliphatic carbocycles. The summed E-state index contributed by atoms with van der Waals surface area (Å²) in [5.74, 6) is -0.692. The first-order valence-corrected chi connectivity index (χ1v) is 11.5. The molecule has 0 aromatic rings. The van der Waals surface area contributed by atoms with Crippen molar-refractivity contribution in [2.75, 3.05) is 6.61 Å². The van der Waals surface area contributed by atoms with Crippen LogP contribution < -0.4 is 0 Å². The summed E-state index contributed by atoms with van der Waals surface area (Å²) < 4.78 is 27.7. The molecule has 0 aromatic carbocycles. The van der Waals surface area contributed by atoms with Gasteiger partial charge in [0.05, 0.1) is 6.10 Å². The molecule has 2 nitrogen and oxygen atoms in total. The Hall–Kier alpha value is -0.480. The van der Waals surface area contributed by atoms with Crippen molar-refractivity contribution in [3.63, 3.8) is 0 Å². The Balaban J connectivity index is 1.55. The van der Waals surface area contributed by atoms with Gasteiger partial charge in [-0.3, -0.25) is 0 Å². The van der Waals surface area contributed by atoms with E-state index in [9.17, 15) is 13.9 Å². The van der Waals surface area contributed by atoms with Crippen molar-refractivity contribution in [1.29, 1.82) is 0 Å². The summed E-state index contributed by atoms with van der Waals surface area (Å²) in [4.78, 5) is 0. The lowest BCUT2D eigenvalue weighted by Gasteiger charge is -2.58.